The first-order chi connectivity index (χ1) is 8.17. The fourth-order valence-electron chi connectivity index (χ4n) is 2.07. The first kappa shape index (κ1) is 14.2. The van der Waals surface area contributed by atoms with Gasteiger partial charge in [-0.05, 0) is 51.7 Å². The van der Waals surface area contributed by atoms with E-state index in [0.29, 0.717) is 6.04 Å². The second-order valence-corrected chi connectivity index (χ2v) is 4.92. The van der Waals surface area contributed by atoms with Crippen LogP contribution >= 0.6 is 0 Å². The summed E-state index contributed by atoms with van der Waals surface area (Å²) in [6.45, 7) is 3.34. The summed E-state index contributed by atoms with van der Waals surface area (Å²) in [4.78, 5) is 2.23. The van der Waals surface area contributed by atoms with Gasteiger partial charge >= 0.3 is 0 Å². The lowest BCUT2D eigenvalue weighted by molar-refractivity contribution is 0.368. The van der Waals surface area contributed by atoms with E-state index < -0.39 is 0 Å². The molecule has 1 aromatic rings. The number of nitrogens with zero attached hydrogens (tertiary/aromatic N) is 1. The second kappa shape index (κ2) is 7.46. The van der Waals surface area contributed by atoms with E-state index in [4.69, 9.17) is 0 Å². The number of hydrogen-bond donors (Lipinski definition) is 1. The Bertz CT molecular complexity index is 303. The molecule has 0 saturated heterocycles. The van der Waals surface area contributed by atoms with Crippen LogP contribution < -0.4 is 5.32 Å². The first-order valence-corrected chi connectivity index (χ1v) is 6.58. The van der Waals surface area contributed by atoms with Gasteiger partial charge in [0.2, 0.25) is 0 Å². The molecule has 17 heavy (non-hydrogen) atoms. The Labute approximate surface area is 106 Å². The average molecular weight is 234 g/mol. The SMILES string of the molecule is CCCc1ccc(C(CCN(C)C)NC)cc1. The molecule has 0 heterocycles. The Balaban J connectivity index is 2.61. The van der Waals surface area contributed by atoms with E-state index in [1.165, 1.54) is 24.0 Å². The summed E-state index contributed by atoms with van der Waals surface area (Å²) in [7, 11) is 6.29. The van der Waals surface area contributed by atoms with Crippen LogP contribution in [0.2, 0.25) is 0 Å². The van der Waals surface area contributed by atoms with Crippen LogP contribution in [0.4, 0.5) is 0 Å². The summed E-state index contributed by atoms with van der Waals surface area (Å²) in [5.41, 5.74) is 2.84. The van der Waals surface area contributed by atoms with Gasteiger partial charge in [-0.1, -0.05) is 37.6 Å². The van der Waals surface area contributed by atoms with Gasteiger partial charge in [-0.15, -0.1) is 0 Å². The van der Waals surface area contributed by atoms with Crippen molar-refractivity contribution in [2.24, 2.45) is 0 Å². The number of rotatable bonds is 7. The average Bonchev–Trinajstić information content (AvgIpc) is 2.32. The van der Waals surface area contributed by atoms with Crippen molar-refractivity contribution in [1.29, 1.82) is 0 Å². The minimum atomic E-state index is 0.466. The third kappa shape index (κ3) is 4.88. The van der Waals surface area contributed by atoms with Crippen LogP contribution in [0.1, 0.15) is 36.9 Å². The van der Waals surface area contributed by atoms with Gasteiger partial charge in [-0.2, -0.15) is 0 Å². The summed E-state index contributed by atoms with van der Waals surface area (Å²) >= 11 is 0. The molecule has 2 nitrogen and oxygen atoms in total. The number of nitrogens with one attached hydrogen (secondary N) is 1. The highest BCUT2D eigenvalue weighted by Gasteiger charge is 2.08. The van der Waals surface area contributed by atoms with Crippen molar-refractivity contribution in [3.63, 3.8) is 0 Å². The number of aryl methyl sites for hydroxylation is 1. The molecule has 1 atom stereocenters. The van der Waals surface area contributed by atoms with Gasteiger partial charge < -0.3 is 10.2 Å². The predicted octanol–water partition coefficient (Wildman–Crippen LogP) is 2.85. The standard InChI is InChI=1S/C15H26N2/c1-5-6-13-7-9-14(10-8-13)15(16-2)11-12-17(3)4/h7-10,15-16H,5-6,11-12H2,1-4H3. The molecule has 2 heteroatoms. The normalized spacial score (nSPS) is 13.0. The Morgan fingerprint density at radius 3 is 2.29 bits per heavy atom. The molecule has 0 aliphatic rings. The molecule has 1 rings (SSSR count). The molecular weight excluding hydrogens is 208 g/mol. The summed E-state index contributed by atoms with van der Waals surface area (Å²) in [6, 6.07) is 9.52. The molecule has 0 fully saturated rings. The largest absolute Gasteiger partial charge is 0.313 e. The van der Waals surface area contributed by atoms with Gasteiger partial charge in [-0.3, -0.25) is 0 Å². The first-order valence-electron chi connectivity index (χ1n) is 6.58. The number of hydrogen-bond acceptors (Lipinski definition) is 2. The maximum Gasteiger partial charge on any atom is 0.0329 e. The third-order valence-electron chi connectivity index (χ3n) is 3.13. The van der Waals surface area contributed by atoms with Crippen molar-refractivity contribution >= 4 is 0 Å². The van der Waals surface area contributed by atoms with E-state index in [9.17, 15) is 0 Å². The number of benzene rings is 1. The van der Waals surface area contributed by atoms with Crippen LogP contribution in [0.25, 0.3) is 0 Å². The van der Waals surface area contributed by atoms with Gasteiger partial charge in [0.15, 0.2) is 0 Å². The summed E-state index contributed by atoms with van der Waals surface area (Å²) in [6.07, 6.45) is 3.55. The Kier molecular flexibility index (Phi) is 6.23. The highest BCUT2D eigenvalue weighted by atomic mass is 15.1. The fourth-order valence-corrected chi connectivity index (χ4v) is 2.07. The van der Waals surface area contributed by atoms with Gasteiger partial charge in [0.25, 0.3) is 0 Å². The molecule has 0 bridgehead atoms. The zero-order chi connectivity index (χ0) is 12.7. The smallest absolute Gasteiger partial charge is 0.0329 e. The van der Waals surface area contributed by atoms with Crippen LogP contribution in [0.3, 0.4) is 0 Å². The highest BCUT2D eigenvalue weighted by Crippen LogP contribution is 2.17. The molecule has 0 aliphatic carbocycles. The van der Waals surface area contributed by atoms with Crippen molar-refractivity contribution in [3.8, 4) is 0 Å². The molecule has 1 unspecified atom stereocenters. The monoisotopic (exact) mass is 234 g/mol. The van der Waals surface area contributed by atoms with Crippen molar-refractivity contribution in [1.82, 2.24) is 10.2 Å². The Morgan fingerprint density at radius 2 is 1.82 bits per heavy atom. The minimum Gasteiger partial charge on any atom is -0.313 e. The van der Waals surface area contributed by atoms with Gasteiger partial charge in [0.05, 0.1) is 0 Å². The van der Waals surface area contributed by atoms with Crippen LogP contribution in [0.5, 0.6) is 0 Å². The van der Waals surface area contributed by atoms with Crippen molar-refractivity contribution in [3.05, 3.63) is 35.4 Å². The minimum absolute atomic E-state index is 0.466. The van der Waals surface area contributed by atoms with Gasteiger partial charge in [-0.25, -0.2) is 0 Å². The summed E-state index contributed by atoms with van der Waals surface area (Å²) in [5.74, 6) is 0. The molecular formula is C15H26N2. The lowest BCUT2D eigenvalue weighted by atomic mass is 10.0. The van der Waals surface area contributed by atoms with Crippen molar-refractivity contribution < 1.29 is 0 Å². The van der Waals surface area contributed by atoms with Crippen LogP contribution in [0, 0.1) is 0 Å². The Morgan fingerprint density at radius 1 is 1.18 bits per heavy atom. The summed E-state index contributed by atoms with van der Waals surface area (Å²) in [5, 5.41) is 3.40. The van der Waals surface area contributed by atoms with E-state index in [2.05, 4.69) is 55.5 Å². The molecule has 0 aliphatic heterocycles. The van der Waals surface area contributed by atoms with E-state index >= 15 is 0 Å². The van der Waals surface area contributed by atoms with E-state index in [-0.39, 0.29) is 0 Å². The second-order valence-electron chi connectivity index (χ2n) is 4.92. The predicted molar refractivity (Wildman–Crippen MR) is 75.4 cm³/mol. The molecule has 0 spiro atoms. The molecule has 1 aromatic carbocycles. The molecule has 1 N–H and O–H groups in total. The molecule has 0 radical (unpaired) electrons. The zero-order valence-electron chi connectivity index (χ0n) is 11.7. The highest BCUT2D eigenvalue weighted by molar-refractivity contribution is 5.25. The molecule has 0 aromatic heterocycles. The van der Waals surface area contributed by atoms with E-state index in [0.717, 1.165) is 13.0 Å². The summed E-state index contributed by atoms with van der Waals surface area (Å²) < 4.78 is 0. The topological polar surface area (TPSA) is 15.3 Å². The molecule has 0 saturated carbocycles. The van der Waals surface area contributed by atoms with Crippen LogP contribution in [0.15, 0.2) is 24.3 Å². The van der Waals surface area contributed by atoms with E-state index in [1.54, 1.807) is 0 Å². The molecule has 0 amide bonds. The van der Waals surface area contributed by atoms with Crippen LogP contribution in [-0.4, -0.2) is 32.6 Å². The van der Waals surface area contributed by atoms with E-state index in [1.807, 2.05) is 7.05 Å². The Hall–Kier alpha value is -0.860. The third-order valence-corrected chi connectivity index (χ3v) is 3.13. The lowest BCUT2D eigenvalue weighted by Gasteiger charge is -2.19. The lowest BCUT2D eigenvalue weighted by Crippen LogP contribution is -2.22. The fraction of sp³-hybridized carbons (Fsp3) is 0.600. The molecule has 96 valence electrons. The maximum absolute atomic E-state index is 3.40. The zero-order valence-corrected chi connectivity index (χ0v) is 11.7. The maximum atomic E-state index is 3.40. The van der Waals surface area contributed by atoms with Gasteiger partial charge in [0.1, 0.15) is 0 Å². The van der Waals surface area contributed by atoms with Crippen molar-refractivity contribution in [2.45, 2.75) is 32.2 Å². The van der Waals surface area contributed by atoms with Crippen molar-refractivity contribution in [2.75, 3.05) is 27.7 Å². The van der Waals surface area contributed by atoms with Gasteiger partial charge in [0, 0.05) is 6.04 Å². The quantitative estimate of drug-likeness (QED) is 0.780. The van der Waals surface area contributed by atoms with Crippen LogP contribution in [-0.2, 0) is 6.42 Å².